The molecular weight excluding hydrogens is 194 g/mol. The number of hydrogen-bond donors (Lipinski definition) is 2. The molecule has 1 aromatic carbocycles. The van der Waals surface area contributed by atoms with E-state index in [1.165, 1.54) is 6.07 Å². The van der Waals surface area contributed by atoms with Gasteiger partial charge in [0, 0.05) is 11.6 Å². The lowest BCUT2D eigenvalue weighted by molar-refractivity contribution is -0.136. The quantitative estimate of drug-likeness (QED) is 0.777. The second-order valence-electron chi connectivity index (χ2n) is 3.21. The summed E-state index contributed by atoms with van der Waals surface area (Å²) < 4.78 is 0. The van der Waals surface area contributed by atoms with Gasteiger partial charge in [-0.15, -0.1) is 0 Å². The number of aromatic hydroxyl groups is 1. The number of carboxylic acid groups (broad SMARTS) is 1. The van der Waals surface area contributed by atoms with Gasteiger partial charge in [0.25, 0.3) is 0 Å². The molecule has 0 aliphatic rings. The van der Waals surface area contributed by atoms with E-state index in [-0.39, 0.29) is 12.2 Å². The normalized spacial score (nSPS) is 10.4. The van der Waals surface area contributed by atoms with Gasteiger partial charge in [-0.3, -0.25) is 9.78 Å². The second kappa shape index (κ2) is 3.57. The van der Waals surface area contributed by atoms with E-state index in [0.29, 0.717) is 16.5 Å². The van der Waals surface area contributed by atoms with Crippen molar-refractivity contribution in [2.75, 3.05) is 0 Å². The minimum atomic E-state index is -0.910. The van der Waals surface area contributed by atoms with E-state index in [1.807, 2.05) is 0 Å². The maximum absolute atomic E-state index is 10.6. The van der Waals surface area contributed by atoms with Gasteiger partial charge in [0.05, 0.1) is 11.9 Å². The summed E-state index contributed by atoms with van der Waals surface area (Å²) in [5, 5.41) is 18.8. The summed E-state index contributed by atoms with van der Waals surface area (Å²) in [4.78, 5) is 14.7. The van der Waals surface area contributed by atoms with E-state index in [9.17, 15) is 9.90 Å². The summed E-state index contributed by atoms with van der Waals surface area (Å²) in [7, 11) is 0. The standard InChI is InChI=1S/C11H9NO3/c13-9-4-3-7(6-10(14)15)11-8(9)2-1-5-12-11/h1-5,13H,6H2,(H,14,15). The van der Waals surface area contributed by atoms with Crippen LogP contribution in [0.1, 0.15) is 5.56 Å². The fraction of sp³-hybridized carbons (Fsp3) is 0.0909. The van der Waals surface area contributed by atoms with E-state index in [1.54, 1.807) is 24.4 Å². The number of carboxylic acids is 1. The number of fused-ring (bicyclic) bond motifs is 1. The highest BCUT2D eigenvalue weighted by Gasteiger charge is 2.08. The van der Waals surface area contributed by atoms with Gasteiger partial charge in [-0.2, -0.15) is 0 Å². The Morgan fingerprint density at radius 2 is 2.13 bits per heavy atom. The van der Waals surface area contributed by atoms with Gasteiger partial charge >= 0.3 is 5.97 Å². The number of phenolic OH excluding ortho intramolecular Hbond substituents is 1. The van der Waals surface area contributed by atoms with Crippen molar-refractivity contribution in [3.05, 3.63) is 36.0 Å². The molecule has 1 aromatic heterocycles. The molecule has 2 rings (SSSR count). The molecule has 1 heterocycles. The molecule has 0 radical (unpaired) electrons. The molecule has 4 heteroatoms. The third-order valence-corrected chi connectivity index (χ3v) is 2.17. The van der Waals surface area contributed by atoms with Crippen LogP contribution in [0.4, 0.5) is 0 Å². The predicted octanol–water partition coefficient (Wildman–Crippen LogP) is 1.57. The zero-order valence-corrected chi connectivity index (χ0v) is 7.84. The molecule has 0 bridgehead atoms. The largest absolute Gasteiger partial charge is 0.507 e. The monoisotopic (exact) mass is 203 g/mol. The Hall–Kier alpha value is -2.10. The van der Waals surface area contributed by atoms with Crippen LogP contribution in [0.2, 0.25) is 0 Å². The molecule has 0 aliphatic heterocycles. The van der Waals surface area contributed by atoms with Crippen molar-refractivity contribution < 1.29 is 15.0 Å². The number of rotatable bonds is 2. The number of pyridine rings is 1. The van der Waals surface area contributed by atoms with Crippen LogP contribution in [0.15, 0.2) is 30.5 Å². The predicted molar refractivity (Wildman–Crippen MR) is 54.7 cm³/mol. The third kappa shape index (κ3) is 1.74. The number of aliphatic carboxylic acids is 1. The number of nitrogens with zero attached hydrogens (tertiary/aromatic N) is 1. The van der Waals surface area contributed by atoms with Crippen LogP contribution in [0.5, 0.6) is 5.75 Å². The minimum Gasteiger partial charge on any atom is -0.507 e. The maximum atomic E-state index is 10.6. The molecule has 76 valence electrons. The number of hydrogen-bond acceptors (Lipinski definition) is 3. The summed E-state index contributed by atoms with van der Waals surface area (Å²) >= 11 is 0. The van der Waals surface area contributed by atoms with Gasteiger partial charge in [0.1, 0.15) is 5.75 Å². The van der Waals surface area contributed by atoms with Crippen molar-refractivity contribution >= 4 is 16.9 Å². The van der Waals surface area contributed by atoms with Crippen LogP contribution in [-0.4, -0.2) is 21.2 Å². The molecule has 4 nitrogen and oxygen atoms in total. The average molecular weight is 203 g/mol. The highest BCUT2D eigenvalue weighted by atomic mass is 16.4. The smallest absolute Gasteiger partial charge is 0.307 e. The molecule has 0 spiro atoms. The summed E-state index contributed by atoms with van der Waals surface area (Å²) in [6.07, 6.45) is 1.49. The first kappa shape index (κ1) is 9.45. The Kier molecular flexibility index (Phi) is 2.25. The van der Waals surface area contributed by atoms with Crippen LogP contribution in [0, 0.1) is 0 Å². The second-order valence-corrected chi connectivity index (χ2v) is 3.21. The number of benzene rings is 1. The first-order valence-corrected chi connectivity index (χ1v) is 4.46. The summed E-state index contributed by atoms with van der Waals surface area (Å²) in [6, 6.07) is 6.48. The van der Waals surface area contributed by atoms with E-state index in [0.717, 1.165) is 0 Å². The molecule has 2 aromatic rings. The Bertz CT molecular complexity index is 522. The topological polar surface area (TPSA) is 70.4 Å². The molecule has 2 N–H and O–H groups in total. The van der Waals surface area contributed by atoms with Gasteiger partial charge in [-0.05, 0) is 23.8 Å². The number of phenols is 1. The van der Waals surface area contributed by atoms with Gasteiger partial charge in [-0.1, -0.05) is 6.07 Å². The number of aromatic nitrogens is 1. The first-order valence-electron chi connectivity index (χ1n) is 4.46. The van der Waals surface area contributed by atoms with Crippen molar-refractivity contribution in [1.29, 1.82) is 0 Å². The molecule has 0 aliphatic carbocycles. The van der Waals surface area contributed by atoms with Gasteiger partial charge in [-0.25, -0.2) is 0 Å². The summed E-state index contributed by atoms with van der Waals surface area (Å²) in [5.41, 5.74) is 1.15. The highest BCUT2D eigenvalue weighted by Crippen LogP contribution is 2.25. The third-order valence-electron chi connectivity index (χ3n) is 2.17. The van der Waals surface area contributed by atoms with Crippen molar-refractivity contribution in [3.8, 4) is 5.75 Å². The van der Waals surface area contributed by atoms with Crippen LogP contribution in [0.3, 0.4) is 0 Å². The van der Waals surface area contributed by atoms with Crippen LogP contribution < -0.4 is 0 Å². The lowest BCUT2D eigenvalue weighted by Crippen LogP contribution is -2.01. The molecule has 15 heavy (non-hydrogen) atoms. The lowest BCUT2D eigenvalue weighted by Gasteiger charge is -2.04. The van der Waals surface area contributed by atoms with Crippen molar-refractivity contribution in [1.82, 2.24) is 4.98 Å². The van der Waals surface area contributed by atoms with Crippen molar-refractivity contribution in [2.45, 2.75) is 6.42 Å². The van der Waals surface area contributed by atoms with E-state index in [4.69, 9.17) is 5.11 Å². The molecule has 0 amide bonds. The summed E-state index contributed by atoms with van der Waals surface area (Å²) in [6.45, 7) is 0. The molecule has 0 atom stereocenters. The Labute approximate surface area is 85.8 Å². The first-order chi connectivity index (χ1) is 7.18. The van der Waals surface area contributed by atoms with E-state index < -0.39 is 5.97 Å². The molecule has 0 saturated heterocycles. The van der Waals surface area contributed by atoms with Crippen LogP contribution in [-0.2, 0) is 11.2 Å². The zero-order valence-electron chi connectivity index (χ0n) is 7.84. The zero-order chi connectivity index (χ0) is 10.8. The fourth-order valence-corrected chi connectivity index (χ4v) is 1.52. The molecule has 0 saturated carbocycles. The maximum Gasteiger partial charge on any atom is 0.307 e. The van der Waals surface area contributed by atoms with E-state index in [2.05, 4.69) is 4.98 Å². The molecular formula is C11H9NO3. The molecule has 0 unspecified atom stereocenters. The van der Waals surface area contributed by atoms with Crippen molar-refractivity contribution in [2.24, 2.45) is 0 Å². The van der Waals surface area contributed by atoms with Crippen molar-refractivity contribution in [3.63, 3.8) is 0 Å². The van der Waals surface area contributed by atoms with E-state index >= 15 is 0 Å². The number of carbonyl (C=O) groups is 1. The SMILES string of the molecule is O=C(O)Cc1ccc(O)c2cccnc12. The van der Waals surface area contributed by atoms with Crippen LogP contribution >= 0.6 is 0 Å². The Balaban J connectivity index is 2.66. The highest BCUT2D eigenvalue weighted by molar-refractivity contribution is 5.89. The van der Waals surface area contributed by atoms with Crippen LogP contribution in [0.25, 0.3) is 10.9 Å². The molecule has 0 fully saturated rings. The Morgan fingerprint density at radius 3 is 2.87 bits per heavy atom. The minimum absolute atomic E-state index is 0.0895. The van der Waals surface area contributed by atoms with Gasteiger partial charge in [0.2, 0.25) is 0 Å². The summed E-state index contributed by atoms with van der Waals surface area (Å²) in [5.74, 6) is -0.792. The van der Waals surface area contributed by atoms with Gasteiger partial charge in [0.15, 0.2) is 0 Å². The Morgan fingerprint density at radius 1 is 1.33 bits per heavy atom. The lowest BCUT2D eigenvalue weighted by atomic mass is 10.1. The average Bonchev–Trinajstić information content (AvgIpc) is 2.22. The fourth-order valence-electron chi connectivity index (χ4n) is 1.52. The van der Waals surface area contributed by atoms with Gasteiger partial charge < -0.3 is 10.2 Å².